The van der Waals surface area contributed by atoms with Crippen molar-refractivity contribution in [1.29, 1.82) is 0 Å². The minimum Gasteiger partial charge on any atom is -0.311 e. The number of hydrogen-bond acceptors (Lipinski definition) is 4. The zero-order chi connectivity index (χ0) is 15.5. The van der Waals surface area contributed by atoms with E-state index in [1.165, 1.54) is 24.3 Å². The molecule has 21 heavy (non-hydrogen) atoms. The molecule has 1 fully saturated rings. The molecule has 2 heterocycles. The number of rotatable bonds is 6. The van der Waals surface area contributed by atoms with E-state index in [4.69, 9.17) is 0 Å². The van der Waals surface area contributed by atoms with E-state index >= 15 is 0 Å². The molecule has 0 saturated carbocycles. The van der Waals surface area contributed by atoms with Crippen LogP contribution in [0.15, 0.2) is 5.38 Å². The van der Waals surface area contributed by atoms with Gasteiger partial charge in [0.05, 0.1) is 6.54 Å². The number of hydrogen-bond donors (Lipinski definition) is 1. The van der Waals surface area contributed by atoms with Gasteiger partial charge in [-0.1, -0.05) is 27.7 Å². The van der Waals surface area contributed by atoms with Gasteiger partial charge in [0.25, 0.3) is 0 Å². The van der Waals surface area contributed by atoms with Crippen LogP contribution in [0, 0.1) is 12.8 Å². The Labute approximate surface area is 134 Å². The van der Waals surface area contributed by atoms with Crippen LogP contribution in [0.1, 0.15) is 57.7 Å². The van der Waals surface area contributed by atoms with E-state index < -0.39 is 0 Å². The molecule has 4 heteroatoms. The first kappa shape index (κ1) is 16.9. The molecule has 1 aliphatic rings. The van der Waals surface area contributed by atoms with Gasteiger partial charge in [0.2, 0.25) is 0 Å². The fourth-order valence-corrected chi connectivity index (χ4v) is 4.30. The van der Waals surface area contributed by atoms with Gasteiger partial charge in [0, 0.05) is 35.7 Å². The molecule has 120 valence electrons. The van der Waals surface area contributed by atoms with Crippen LogP contribution in [-0.2, 0) is 6.54 Å². The highest BCUT2D eigenvalue weighted by atomic mass is 32.1. The van der Waals surface area contributed by atoms with Crippen LogP contribution < -0.4 is 5.32 Å². The standard InChI is InChI=1S/C17H31N3S/c1-6-17(7-2)12-18-15(8-13(3)4)9-20(17)10-16-19-14(5)11-21-16/h11,13,15,18H,6-10,12H2,1-5H3. The zero-order valence-electron chi connectivity index (χ0n) is 14.3. The Morgan fingerprint density at radius 2 is 2.14 bits per heavy atom. The third-order valence-corrected chi connectivity index (χ3v) is 5.85. The third-order valence-electron chi connectivity index (χ3n) is 4.90. The van der Waals surface area contributed by atoms with Gasteiger partial charge in [-0.05, 0) is 32.1 Å². The van der Waals surface area contributed by atoms with Crippen LogP contribution in [0.4, 0.5) is 0 Å². The van der Waals surface area contributed by atoms with Crippen molar-refractivity contribution in [2.24, 2.45) is 5.92 Å². The first-order valence-electron chi connectivity index (χ1n) is 8.38. The minimum absolute atomic E-state index is 0.299. The van der Waals surface area contributed by atoms with E-state index in [1.54, 1.807) is 11.3 Å². The van der Waals surface area contributed by atoms with Gasteiger partial charge in [-0.25, -0.2) is 4.98 Å². The summed E-state index contributed by atoms with van der Waals surface area (Å²) in [4.78, 5) is 7.38. The Bertz CT molecular complexity index is 437. The topological polar surface area (TPSA) is 28.2 Å². The fourth-order valence-electron chi connectivity index (χ4n) is 3.52. The number of aryl methyl sites for hydroxylation is 1. The normalized spacial score (nSPS) is 22.9. The van der Waals surface area contributed by atoms with Crippen LogP contribution in [-0.4, -0.2) is 34.6 Å². The summed E-state index contributed by atoms with van der Waals surface area (Å²) < 4.78 is 0. The first-order valence-corrected chi connectivity index (χ1v) is 9.26. The molecule has 0 radical (unpaired) electrons. The van der Waals surface area contributed by atoms with E-state index in [2.05, 4.69) is 55.2 Å². The van der Waals surface area contributed by atoms with Crippen molar-refractivity contribution in [2.75, 3.05) is 13.1 Å². The van der Waals surface area contributed by atoms with E-state index in [-0.39, 0.29) is 0 Å². The molecule has 1 N–H and O–H groups in total. The summed E-state index contributed by atoms with van der Waals surface area (Å²) in [7, 11) is 0. The average molecular weight is 310 g/mol. The van der Waals surface area contributed by atoms with Crippen LogP contribution in [0.25, 0.3) is 0 Å². The Kier molecular flexibility index (Phi) is 5.81. The summed E-state index contributed by atoms with van der Waals surface area (Å²) in [5.41, 5.74) is 1.45. The lowest BCUT2D eigenvalue weighted by atomic mass is 9.86. The van der Waals surface area contributed by atoms with Gasteiger partial charge in [0.15, 0.2) is 0 Å². The number of nitrogens with zero attached hydrogens (tertiary/aromatic N) is 2. The largest absolute Gasteiger partial charge is 0.311 e. The van der Waals surface area contributed by atoms with Gasteiger partial charge in [-0.3, -0.25) is 4.90 Å². The Morgan fingerprint density at radius 1 is 1.43 bits per heavy atom. The third kappa shape index (κ3) is 4.05. The van der Waals surface area contributed by atoms with Crippen LogP contribution in [0.5, 0.6) is 0 Å². The van der Waals surface area contributed by atoms with Crippen LogP contribution in [0.2, 0.25) is 0 Å². The van der Waals surface area contributed by atoms with E-state index in [9.17, 15) is 0 Å². The van der Waals surface area contributed by atoms with Gasteiger partial charge >= 0.3 is 0 Å². The van der Waals surface area contributed by atoms with Crippen LogP contribution >= 0.6 is 11.3 Å². The van der Waals surface area contributed by atoms with Crippen molar-refractivity contribution in [2.45, 2.75) is 72.0 Å². The molecule has 0 aliphatic carbocycles. The monoisotopic (exact) mass is 309 g/mol. The molecule has 0 spiro atoms. The first-order chi connectivity index (χ1) is 9.99. The SMILES string of the molecule is CCC1(CC)CNC(CC(C)C)CN1Cc1nc(C)cs1. The number of piperazine rings is 1. The lowest BCUT2D eigenvalue weighted by molar-refractivity contribution is 0.0206. The smallest absolute Gasteiger partial charge is 0.107 e. The quantitative estimate of drug-likeness (QED) is 0.865. The lowest BCUT2D eigenvalue weighted by Gasteiger charge is -2.49. The summed E-state index contributed by atoms with van der Waals surface area (Å²) in [6.45, 7) is 14.7. The maximum atomic E-state index is 4.68. The second-order valence-corrected chi connectivity index (χ2v) is 7.84. The van der Waals surface area contributed by atoms with Crippen molar-refractivity contribution in [3.05, 3.63) is 16.1 Å². The van der Waals surface area contributed by atoms with Crippen molar-refractivity contribution in [3.8, 4) is 0 Å². The van der Waals surface area contributed by atoms with Gasteiger partial charge < -0.3 is 5.32 Å². The molecule has 0 bridgehead atoms. The minimum atomic E-state index is 0.299. The maximum Gasteiger partial charge on any atom is 0.107 e. The summed E-state index contributed by atoms with van der Waals surface area (Å²) in [5, 5.41) is 7.24. The molecule has 0 aromatic carbocycles. The molecule has 1 saturated heterocycles. The van der Waals surface area contributed by atoms with E-state index in [0.717, 1.165) is 31.2 Å². The summed E-state index contributed by atoms with van der Waals surface area (Å²) in [6, 6.07) is 0.622. The van der Waals surface area contributed by atoms with E-state index in [1.807, 2.05) is 0 Å². The van der Waals surface area contributed by atoms with Crippen LogP contribution in [0.3, 0.4) is 0 Å². The molecule has 1 aromatic heterocycles. The second-order valence-electron chi connectivity index (χ2n) is 6.90. The highest BCUT2D eigenvalue weighted by Gasteiger charge is 2.39. The summed E-state index contributed by atoms with van der Waals surface area (Å²) >= 11 is 1.81. The molecule has 1 aromatic rings. The van der Waals surface area contributed by atoms with Crippen molar-refractivity contribution in [1.82, 2.24) is 15.2 Å². The van der Waals surface area contributed by atoms with Crippen molar-refractivity contribution < 1.29 is 0 Å². The summed E-state index contributed by atoms with van der Waals surface area (Å²) in [5.74, 6) is 0.752. The fraction of sp³-hybridized carbons (Fsp3) is 0.824. The molecule has 2 rings (SSSR count). The average Bonchev–Trinajstić information content (AvgIpc) is 2.85. The summed E-state index contributed by atoms with van der Waals surface area (Å²) in [6.07, 6.45) is 3.67. The van der Waals surface area contributed by atoms with Gasteiger partial charge in [-0.15, -0.1) is 11.3 Å². The zero-order valence-corrected chi connectivity index (χ0v) is 15.1. The predicted molar refractivity (Wildman–Crippen MR) is 91.8 cm³/mol. The molecule has 1 unspecified atom stereocenters. The number of aromatic nitrogens is 1. The predicted octanol–water partition coefficient (Wildman–Crippen LogP) is 3.83. The van der Waals surface area contributed by atoms with Gasteiger partial charge in [0.1, 0.15) is 5.01 Å². The highest BCUT2D eigenvalue weighted by molar-refractivity contribution is 7.09. The van der Waals surface area contributed by atoms with Crippen molar-refractivity contribution >= 4 is 11.3 Å². The highest BCUT2D eigenvalue weighted by Crippen LogP contribution is 2.30. The van der Waals surface area contributed by atoms with E-state index in [0.29, 0.717) is 11.6 Å². The Hall–Kier alpha value is -0.450. The molecule has 3 nitrogen and oxygen atoms in total. The lowest BCUT2D eigenvalue weighted by Crippen LogP contribution is -2.63. The van der Waals surface area contributed by atoms with Gasteiger partial charge in [-0.2, -0.15) is 0 Å². The molecule has 1 aliphatic heterocycles. The molecule has 1 atom stereocenters. The maximum absolute atomic E-state index is 4.68. The molecule has 0 amide bonds. The Morgan fingerprint density at radius 3 is 2.67 bits per heavy atom. The second kappa shape index (κ2) is 7.21. The number of nitrogens with one attached hydrogen (secondary N) is 1. The number of thiazole rings is 1. The van der Waals surface area contributed by atoms with Crippen molar-refractivity contribution in [3.63, 3.8) is 0 Å². The Balaban J connectivity index is 2.12. The molecular weight excluding hydrogens is 278 g/mol. The molecular formula is C17H31N3S.